The van der Waals surface area contributed by atoms with Gasteiger partial charge in [0.05, 0.1) is 0 Å². The van der Waals surface area contributed by atoms with Crippen molar-refractivity contribution in [1.29, 1.82) is 0 Å². The molecule has 0 aromatic rings. The number of hydrogen-bond acceptors (Lipinski definition) is 1. The maximum Gasteiger partial charge on any atom is 0.00471 e. The lowest BCUT2D eigenvalue weighted by molar-refractivity contribution is 0.262. The highest BCUT2D eigenvalue weighted by molar-refractivity contribution is 5.85. The molecule has 11 heavy (non-hydrogen) atoms. The molecule has 0 amide bonds. The molecule has 2 N–H and O–H groups in total. The van der Waals surface area contributed by atoms with E-state index in [1.165, 1.54) is 25.7 Å². The summed E-state index contributed by atoms with van der Waals surface area (Å²) in [6.07, 6.45) is 9.88. The van der Waals surface area contributed by atoms with Crippen LogP contribution in [0.4, 0.5) is 0 Å². The number of fused-ring (bicyclic) bond motifs is 2. The Morgan fingerprint density at radius 1 is 1.18 bits per heavy atom. The summed E-state index contributed by atoms with van der Waals surface area (Å²) in [5.74, 6) is 1.74. The van der Waals surface area contributed by atoms with Crippen molar-refractivity contribution < 1.29 is 0 Å². The van der Waals surface area contributed by atoms with E-state index < -0.39 is 0 Å². The molecule has 0 heterocycles. The van der Waals surface area contributed by atoms with Gasteiger partial charge in [-0.25, -0.2) is 0 Å². The van der Waals surface area contributed by atoms with Crippen molar-refractivity contribution in [1.82, 2.24) is 0 Å². The largest absolute Gasteiger partial charge is 0.328 e. The van der Waals surface area contributed by atoms with Gasteiger partial charge in [-0.1, -0.05) is 12.2 Å². The van der Waals surface area contributed by atoms with Gasteiger partial charge in [0.15, 0.2) is 0 Å². The summed E-state index contributed by atoms with van der Waals surface area (Å²) in [5.41, 5.74) is 5.89. The SMILES string of the molecule is Cl.N[C@@H]1C[C@@H]2C=CC[C@H](C1)C2. The number of allylic oxidation sites excluding steroid dienone is 2. The Morgan fingerprint density at radius 3 is 2.73 bits per heavy atom. The summed E-state index contributed by atoms with van der Waals surface area (Å²) < 4.78 is 0. The zero-order valence-corrected chi connectivity index (χ0v) is 7.52. The van der Waals surface area contributed by atoms with Crippen LogP contribution >= 0.6 is 12.4 Å². The van der Waals surface area contributed by atoms with E-state index in [1.807, 2.05) is 0 Å². The van der Waals surface area contributed by atoms with Crippen molar-refractivity contribution in [3.63, 3.8) is 0 Å². The summed E-state index contributed by atoms with van der Waals surface area (Å²) in [7, 11) is 0. The van der Waals surface area contributed by atoms with Crippen LogP contribution in [0.25, 0.3) is 0 Å². The second kappa shape index (κ2) is 3.59. The third kappa shape index (κ3) is 1.97. The minimum atomic E-state index is 0. The smallest absolute Gasteiger partial charge is 0.00471 e. The molecule has 0 saturated heterocycles. The van der Waals surface area contributed by atoms with E-state index >= 15 is 0 Å². The van der Waals surface area contributed by atoms with E-state index in [4.69, 9.17) is 5.73 Å². The lowest BCUT2D eigenvalue weighted by atomic mass is 9.74. The summed E-state index contributed by atoms with van der Waals surface area (Å²) in [4.78, 5) is 0. The lowest BCUT2D eigenvalue weighted by Crippen LogP contribution is -2.33. The summed E-state index contributed by atoms with van der Waals surface area (Å²) in [6, 6.07) is 0.494. The van der Waals surface area contributed by atoms with Crippen molar-refractivity contribution in [2.45, 2.75) is 31.7 Å². The second-order valence-electron chi connectivity index (χ2n) is 3.76. The molecule has 0 aromatic heterocycles. The van der Waals surface area contributed by atoms with Crippen molar-refractivity contribution in [3.05, 3.63) is 12.2 Å². The third-order valence-corrected chi connectivity index (χ3v) is 2.76. The molecule has 2 aliphatic carbocycles. The van der Waals surface area contributed by atoms with Gasteiger partial charge in [-0.2, -0.15) is 0 Å². The van der Waals surface area contributed by atoms with Gasteiger partial charge in [0, 0.05) is 6.04 Å². The maximum absolute atomic E-state index is 5.89. The minimum absolute atomic E-state index is 0. The van der Waals surface area contributed by atoms with Gasteiger partial charge in [-0.3, -0.25) is 0 Å². The Labute approximate surface area is 74.5 Å². The predicted molar refractivity (Wildman–Crippen MR) is 49.8 cm³/mol. The highest BCUT2D eigenvalue weighted by Crippen LogP contribution is 2.34. The highest BCUT2D eigenvalue weighted by Gasteiger charge is 2.26. The van der Waals surface area contributed by atoms with Crippen LogP contribution in [0.3, 0.4) is 0 Å². The Kier molecular flexibility index (Phi) is 2.97. The quantitative estimate of drug-likeness (QED) is 0.558. The second-order valence-corrected chi connectivity index (χ2v) is 3.76. The van der Waals surface area contributed by atoms with Gasteiger partial charge < -0.3 is 5.73 Å². The molecule has 2 aliphatic rings. The molecule has 0 spiro atoms. The molecular formula is C9H16ClN. The van der Waals surface area contributed by atoms with Crippen LogP contribution in [0, 0.1) is 11.8 Å². The Morgan fingerprint density at radius 2 is 2.00 bits per heavy atom. The van der Waals surface area contributed by atoms with E-state index in [0.29, 0.717) is 6.04 Å². The fourth-order valence-electron chi connectivity index (χ4n) is 2.35. The Bertz CT molecular complexity index is 156. The fourth-order valence-corrected chi connectivity index (χ4v) is 2.35. The third-order valence-electron chi connectivity index (χ3n) is 2.76. The Balaban J connectivity index is 0.000000605. The molecule has 2 heteroatoms. The van der Waals surface area contributed by atoms with Crippen molar-refractivity contribution in [3.8, 4) is 0 Å². The zero-order valence-electron chi connectivity index (χ0n) is 6.70. The Hall–Kier alpha value is -0.0100. The molecule has 0 unspecified atom stereocenters. The monoisotopic (exact) mass is 173 g/mol. The summed E-state index contributed by atoms with van der Waals surface area (Å²) >= 11 is 0. The molecular weight excluding hydrogens is 158 g/mol. The van der Waals surface area contributed by atoms with Crippen LogP contribution < -0.4 is 5.73 Å². The van der Waals surface area contributed by atoms with Crippen LogP contribution in [0.5, 0.6) is 0 Å². The minimum Gasteiger partial charge on any atom is -0.328 e. The van der Waals surface area contributed by atoms with E-state index in [-0.39, 0.29) is 12.4 Å². The molecule has 2 bridgehead atoms. The van der Waals surface area contributed by atoms with Crippen LogP contribution in [-0.2, 0) is 0 Å². The highest BCUT2D eigenvalue weighted by atomic mass is 35.5. The van der Waals surface area contributed by atoms with Gasteiger partial charge in [-0.05, 0) is 37.5 Å². The molecule has 0 radical (unpaired) electrons. The molecule has 1 nitrogen and oxygen atoms in total. The van der Waals surface area contributed by atoms with Crippen molar-refractivity contribution in [2.75, 3.05) is 0 Å². The van der Waals surface area contributed by atoms with Crippen LogP contribution in [0.2, 0.25) is 0 Å². The van der Waals surface area contributed by atoms with Gasteiger partial charge in [0.1, 0.15) is 0 Å². The van der Waals surface area contributed by atoms with Gasteiger partial charge in [-0.15, -0.1) is 12.4 Å². The first-order valence-corrected chi connectivity index (χ1v) is 4.27. The molecule has 3 atom stereocenters. The number of rotatable bonds is 0. The van der Waals surface area contributed by atoms with E-state index in [2.05, 4.69) is 12.2 Å². The first-order chi connectivity index (χ1) is 4.84. The molecule has 64 valence electrons. The number of nitrogens with two attached hydrogens (primary N) is 1. The first-order valence-electron chi connectivity index (χ1n) is 4.27. The molecule has 0 aliphatic heterocycles. The molecule has 1 saturated carbocycles. The average molecular weight is 174 g/mol. The molecule has 2 rings (SSSR count). The van der Waals surface area contributed by atoms with E-state index in [1.54, 1.807) is 0 Å². The number of hydrogen-bond donors (Lipinski definition) is 1. The van der Waals surface area contributed by atoms with E-state index in [9.17, 15) is 0 Å². The molecule has 0 aromatic carbocycles. The summed E-state index contributed by atoms with van der Waals surface area (Å²) in [5, 5.41) is 0. The fraction of sp³-hybridized carbons (Fsp3) is 0.778. The van der Waals surface area contributed by atoms with Crippen molar-refractivity contribution in [2.24, 2.45) is 17.6 Å². The maximum atomic E-state index is 5.89. The van der Waals surface area contributed by atoms with Gasteiger partial charge >= 0.3 is 0 Å². The van der Waals surface area contributed by atoms with Gasteiger partial charge in [0.25, 0.3) is 0 Å². The van der Waals surface area contributed by atoms with Crippen molar-refractivity contribution >= 4 is 12.4 Å². The number of halogens is 1. The average Bonchev–Trinajstić information content (AvgIpc) is 1.85. The lowest BCUT2D eigenvalue weighted by Gasteiger charge is -2.34. The molecule has 1 fully saturated rings. The van der Waals surface area contributed by atoms with Crippen LogP contribution in [0.15, 0.2) is 12.2 Å². The van der Waals surface area contributed by atoms with E-state index in [0.717, 1.165) is 11.8 Å². The predicted octanol–water partition coefficient (Wildman–Crippen LogP) is 2.11. The topological polar surface area (TPSA) is 26.0 Å². The zero-order chi connectivity index (χ0) is 6.97. The van der Waals surface area contributed by atoms with Crippen LogP contribution in [0.1, 0.15) is 25.7 Å². The standard InChI is InChI=1S/C9H15N.ClH/c10-9-5-7-2-1-3-8(4-7)6-9;/h1-2,7-9H,3-6,10H2;1H/t7-,8+,9-;/m1./s1. The first kappa shape index (κ1) is 9.08. The normalized spacial score (nSPS) is 41.4. The summed E-state index contributed by atoms with van der Waals surface area (Å²) in [6.45, 7) is 0. The van der Waals surface area contributed by atoms with Gasteiger partial charge in [0.2, 0.25) is 0 Å². The van der Waals surface area contributed by atoms with Crippen LogP contribution in [-0.4, -0.2) is 6.04 Å².